The van der Waals surface area contributed by atoms with Crippen LogP contribution in [0.5, 0.6) is 0 Å². The van der Waals surface area contributed by atoms with Gasteiger partial charge in [-0.25, -0.2) is 0 Å². The zero-order valence-corrected chi connectivity index (χ0v) is 9.58. The van der Waals surface area contributed by atoms with Crippen LogP contribution in [0.1, 0.15) is 37.7 Å². The fourth-order valence-corrected chi connectivity index (χ4v) is 2.14. The second-order valence-corrected chi connectivity index (χ2v) is 4.59. The Morgan fingerprint density at radius 3 is 2.60 bits per heavy atom. The van der Waals surface area contributed by atoms with Crippen molar-refractivity contribution in [1.29, 1.82) is 0 Å². The summed E-state index contributed by atoms with van der Waals surface area (Å²) in [5, 5.41) is 3.48. The van der Waals surface area contributed by atoms with E-state index in [0.717, 1.165) is 24.9 Å². The minimum atomic E-state index is 0.721. The van der Waals surface area contributed by atoms with Crippen LogP contribution < -0.4 is 5.32 Å². The number of hydrogen-bond acceptors (Lipinski definition) is 1. The van der Waals surface area contributed by atoms with Gasteiger partial charge in [0.2, 0.25) is 0 Å². The van der Waals surface area contributed by atoms with E-state index in [9.17, 15) is 0 Å². The summed E-state index contributed by atoms with van der Waals surface area (Å²) >= 11 is 0. The number of likely N-dealkylation sites (N-methyl/N-ethyl adjacent to an activating group) is 1. The summed E-state index contributed by atoms with van der Waals surface area (Å²) in [5.41, 5.74) is 1.50. The Morgan fingerprint density at radius 2 is 2.00 bits per heavy atom. The Morgan fingerprint density at radius 1 is 1.27 bits per heavy atom. The Kier molecular flexibility index (Phi) is 3.79. The highest BCUT2D eigenvalue weighted by Crippen LogP contribution is 2.38. The standard InChI is InChI=1S/C14H21N/c1-2-15-11-14(10-12-8-9-12)13-6-4-3-5-7-13/h3-7,12,14-15H,2,8-11H2,1H3. The first kappa shape index (κ1) is 10.7. The van der Waals surface area contributed by atoms with Crippen LogP contribution in [0.3, 0.4) is 0 Å². The van der Waals surface area contributed by atoms with Crippen molar-refractivity contribution in [2.75, 3.05) is 13.1 Å². The predicted octanol–water partition coefficient (Wildman–Crippen LogP) is 3.18. The maximum Gasteiger partial charge on any atom is 0.00201 e. The molecule has 0 amide bonds. The molecule has 1 unspecified atom stereocenters. The van der Waals surface area contributed by atoms with Gasteiger partial charge in [-0.15, -0.1) is 0 Å². The van der Waals surface area contributed by atoms with Gasteiger partial charge in [0.05, 0.1) is 0 Å². The molecule has 1 saturated carbocycles. The normalized spacial score (nSPS) is 17.7. The second-order valence-electron chi connectivity index (χ2n) is 4.59. The Bertz CT molecular complexity index is 277. The van der Waals surface area contributed by atoms with Gasteiger partial charge in [-0.2, -0.15) is 0 Å². The van der Waals surface area contributed by atoms with Crippen LogP contribution in [-0.2, 0) is 0 Å². The largest absolute Gasteiger partial charge is 0.316 e. The van der Waals surface area contributed by atoms with Gasteiger partial charge < -0.3 is 5.32 Å². The number of hydrogen-bond donors (Lipinski definition) is 1. The maximum absolute atomic E-state index is 3.48. The van der Waals surface area contributed by atoms with Gasteiger partial charge in [-0.3, -0.25) is 0 Å². The molecule has 0 saturated heterocycles. The predicted molar refractivity (Wildman–Crippen MR) is 65.1 cm³/mol. The van der Waals surface area contributed by atoms with Crippen LogP contribution in [0, 0.1) is 5.92 Å². The summed E-state index contributed by atoms with van der Waals surface area (Å²) in [5.74, 6) is 1.73. The van der Waals surface area contributed by atoms with Gasteiger partial charge in [0.15, 0.2) is 0 Å². The molecule has 1 aliphatic rings. The molecule has 1 aromatic rings. The molecule has 82 valence electrons. The average Bonchev–Trinajstić information content (AvgIpc) is 3.09. The van der Waals surface area contributed by atoms with Crippen molar-refractivity contribution in [3.05, 3.63) is 35.9 Å². The lowest BCUT2D eigenvalue weighted by molar-refractivity contribution is 0.531. The SMILES string of the molecule is CCNCC(CC1CC1)c1ccccc1. The quantitative estimate of drug-likeness (QED) is 0.748. The van der Waals surface area contributed by atoms with Crippen LogP contribution in [0.2, 0.25) is 0 Å². The molecule has 15 heavy (non-hydrogen) atoms. The lowest BCUT2D eigenvalue weighted by atomic mass is 9.93. The van der Waals surface area contributed by atoms with Crippen molar-refractivity contribution in [3.8, 4) is 0 Å². The molecule has 1 aliphatic carbocycles. The second kappa shape index (κ2) is 5.32. The van der Waals surface area contributed by atoms with E-state index in [0.29, 0.717) is 0 Å². The van der Waals surface area contributed by atoms with Gasteiger partial charge in [-0.1, -0.05) is 50.1 Å². The first-order valence-corrected chi connectivity index (χ1v) is 6.15. The summed E-state index contributed by atoms with van der Waals surface area (Å²) in [4.78, 5) is 0. The van der Waals surface area contributed by atoms with Crippen LogP contribution in [0.25, 0.3) is 0 Å². The fourth-order valence-electron chi connectivity index (χ4n) is 2.14. The molecule has 0 heterocycles. The summed E-state index contributed by atoms with van der Waals surface area (Å²) < 4.78 is 0. The van der Waals surface area contributed by atoms with E-state index in [1.54, 1.807) is 0 Å². The molecular weight excluding hydrogens is 182 g/mol. The molecule has 1 fully saturated rings. The monoisotopic (exact) mass is 203 g/mol. The first-order valence-electron chi connectivity index (χ1n) is 6.15. The highest BCUT2D eigenvalue weighted by Gasteiger charge is 2.25. The summed E-state index contributed by atoms with van der Waals surface area (Å²) in [6.45, 7) is 4.39. The van der Waals surface area contributed by atoms with E-state index < -0.39 is 0 Å². The van der Waals surface area contributed by atoms with Gasteiger partial charge >= 0.3 is 0 Å². The van der Waals surface area contributed by atoms with E-state index in [1.165, 1.54) is 24.8 Å². The smallest absolute Gasteiger partial charge is 0.00201 e. The molecule has 1 N–H and O–H groups in total. The molecular formula is C14H21N. The molecule has 0 aromatic heterocycles. The minimum Gasteiger partial charge on any atom is -0.316 e. The fraction of sp³-hybridized carbons (Fsp3) is 0.571. The van der Waals surface area contributed by atoms with Crippen LogP contribution in [0.4, 0.5) is 0 Å². The molecule has 2 rings (SSSR count). The van der Waals surface area contributed by atoms with E-state index >= 15 is 0 Å². The molecule has 1 heteroatoms. The number of rotatable bonds is 6. The summed E-state index contributed by atoms with van der Waals surface area (Å²) in [7, 11) is 0. The summed E-state index contributed by atoms with van der Waals surface area (Å²) in [6.07, 6.45) is 4.28. The van der Waals surface area contributed by atoms with Crippen LogP contribution in [0.15, 0.2) is 30.3 Å². The minimum absolute atomic E-state index is 0.721. The Balaban J connectivity index is 1.96. The number of nitrogens with one attached hydrogen (secondary N) is 1. The molecule has 1 atom stereocenters. The van der Waals surface area contributed by atoms with Crippen molar-refractivity contribution in [2.45, 2.75) is 32.1 Å². The lowest BCUT2D eigenvalue weighted by Gasteiger charge is -2.17. The third-order valence-corrected chi connectivity index (χ3v) is 3.23. The molecule has 0 radical (unpaired) electrons. The Hall–Kier alpha value is -0.820. The van der Waals surface area contributed by atoms with E-state index in [4.69, 9.17) is 0 Å². The first-order chi connectivity index (χ1) is 7.40. The van der Waals surface area contributed by atoms with E-state index in [-0.39, 0.29) is 0 Å². The lowest BCUT2D eigenvalue weighted by Crippen LogP contribution is -2.21. The third-order valence-electron chi connectivity index (χ3n) is 3.23. The van der Waals surface area contributed by atoms with Crippen molar-refractivity contribution in [1.82, 2.24) is 5.32 Å². The summed E-state index contributed by atoms with van der Waals surface area (Å²) in [6, 6.07) is 10.9. The van der Waals surface area contributed by atoms with Gasteiger partial charge in [0.1, 0.15) is 0 Å². The Labute approximate surface area is 92.9 Å². The van der Waals surface area contributed by atoms with Crippen molar-refractivity contribution < 1.29 is 0 Å². The van der Waals surface area contributed by atoms with Crippen molar-refractivity contribution in [2.24, 2.45) is 5.92 Å². The van der Waals surface area contributed by atoms with E-state index in [2.05, 4.69) is 42.6 Å². The highest BCUT2D eigenvalue weighted by atomic mass is 14.8. The zero-order chi connectivity index (χ0) is 10.5. The van der Waals surface area contributed by atoms with Gasteiger partial charge in [0, 0.05) is 6.54 Å². The molecule has 0 aliphatic heterocycles. The van der Waals surface area contributed by atoms with Gasteiger partial charge in [-0.05, 0) is 30.4 Å². The number of benzene rings is 1. The maximum atomic E-state index is 3.48. The zero-order valence-electron chi connectivity index (χ0n) is 9.58. The molecule has 1 aromatic carbocycles. The van der Waals surface area contributed by atoms with Crippen molar-refractivity contribution in [3.63, 3.8) is 0 Å². The topological polar surface area (TPSA) is 12.0 Å². The molecule has 1 nitrogen and oxygen atoms in total. The van der Waals surface area contributed by atoms with E-state index in [1.807, 2.05) is 0 Å². The van der Waals surface area contributed by atoms with Crippen LogP contribution in [-0.4, -0.2) is 13.1 Å². The highest BCUT2D eigenvalue weighted by molar-refractivity contribution is 5.20. The third kappa shape index (κ3) is 3.35. The molecule has 0 bridgehead atoms. The van der Waals surface area contributed by atoms with Gasteiger partial charge in [0.25, 0.3) is 0 Å². The van der Waals surface area contributed by atoms with Crippen LogP contribution >= 0.6 is 0 Å². The average molecular weight is 203 g/mol. The van der Waals surface area contributed by atoms with Crippen molar-refractivity contribution >= 4 is 0 Å². The molecule has 0 spiro atoms.